The van der Waals surface area contributed by atoms with Gasteiger partial charge in [-0.05, 0) is 54.3 Å². The van der Waals surface area contributed by atoms with E-state index in [9.17, 15) is 9.59 Å². The summed E-state index contributed by atoms with van der Waals surface area (Å²) in [6.07, 6.45) is 0. The summed E-state index contributed by atoms with van der Waals surface area (Å²) in [4.78, 5) is 28.7. The lowest BCUT2D eigenvalue weighted by Crippen LogP contribution is -2.08. The summed E-state index contributed by atoms with van der Waals surface area (Å²) in [6, 6.07) is 10.5. The van der Waals surface area contributed by atoms with Gasteiger partial charge in [0.2, 0.25) is 0 Å². The Hall–Kier alpha value is -2.99. The van der Waals surface area contributed by atoms with Crippen LogP contribution in [0.4, 0.5) is 0 Å². The fraction of sp³-hybridized carbons (Fsp3) is 0.227. The number of benzene rings is 2. The standard InChI is InChI=1S/C22H19NO4S/c1-12(2)16-9-17-15(8-21(24)27-19(17)6-13(16)3)10-26-22(25)14-4-5-18-20(7-14)28-11-23-18/h4-9,11-12H,10H2,1-3H3. The Bertz CT molecular complexity index is 1250. The molecule has 2 heterocycles. The number of hydrogen-bond donors (Lipinski definition) is 0. The molecule has 2 aromatic carbocycles. The molecule has 0 spiro atoms. The Morgan fingerprint density at radius 2 is 2.04 bits per heavy atom. The van der Waals surface area contributed by atoms with E-state index in [0.29, 0.717) is 22.6 Å². The summed E-state index contributed by atoms with van der Waals surface area (Å²) in [5.41, 5.74) is 5.98. The number of rotatable bonds is 4. The van der Waals surface area contributed by atoms with Crippen LogP contribution in [0.2, 0.25) is 0 Å². The van der Waals surface area contributed by atoms with Crippen LogP contribution < -0.4 is 5.63 Å². The normalized spacial score (nSPS) is 11.4. The maximum absolute atomic E-state index is 12.5. The highest BCUT2D eigenvalue weighted by molar-refractivity contribution is 7.16. The number of hydrogen-bond acceptors (Lipinski definition) is 6. The van der Waals surface area contributed by atoms with Gasteiger partial charge in [-0.15, -0.1) is 11.3 Å². The van der Waals surface area contributed by atoms with E-state index in [4.69, 9.17) is 9.15 Å². The summed E-state index contributed by atoms with van der Waals surface area (Å²) in [5.74, 6) is -0.106. The molecule has 0 fully saturated rings. The van der Waals surface area contributed by atoms with Gasteiger partial charge in [-0.2, -0.15) is 0 Å². The Morgan fingerprint density at radius 3 is 2.82 bits per heavy atom. The van der Waals surface area contributed by atoms with Gasteiger partial charge in [-0.1, -0.05) is 13.8 Å². The monoisotopic (exact) mass is 393 g/mol. The van der Waals surface area contributed by atoms with Crippen LogP contribution in [0.3, 0.4) is 0 Å². The molecule has 4 aromatic rings. The van der Waals surface area contributed by atoms with Crippen LogP contribution >= 0.6 is 11.3 Å². The molecule has 0 saturated carbocycles. The Labute approximate surface area is 165 Å². The van der Waals surface area contributed by atoms with Crippen LogP contribution in [0, 0.1) is 6.92 Å². The number of carbonyl (C=O) groups is 1. The molecule has 6 heteroatoms. The van der Waals surface area contributed by atoms with Crippen molar-refractivity contribution in [3.63, 3.8) is 0 Å². The lowest BCUT2D eigenvalue weighted by atomic mass is 9.95. The van der Waals surface area contributed by atoms with E-state index in [-0.39, 0.29) is 6.61 Å². The number of aryl methyl sites for hydroxylation is 1. The predicted molar refractivity (Wildman–Crippen MR) is 110 cm³/mol. The smallest absolute Gasteiger partial charge is 0.338 e. The highest BCUT2D eigenvalue weighted by Crippen LogP contribution is 2.27. The minimum absolute atomic E-state index is 0.00224. The summed E-state index contributed by atoms with van der Waals surface area (Å²) in [6.45, 7) is 6.23. The number of esters is 1. The molecule has 0 saturated heterocycles. The molecule has 0 aliphatic rings. The highest BCUT2D eigenvalue weighted by atomic mass is 32.1. The zero-order chi connectivity index (χ0) is 19.8. The topological polar surface area (TPSA) is 69.4 Å². The van der Waals surface area contributed by atoms with Crippen molar-refractivity contribution < 1.29 is 13.9 Å². The fourth-order valence-electron chi connectivity index (χ4n) is 3.34. The second kappa shape index (κ2) is 7.20. The molecule has 0 unspecified atom stereocenters. The molecule has 0 bridgehead atoms. The van der Waals surface area contributed by atoms with E-state index < -0.39 is 11.6 Å². The molecule has 28 heavy (non-hydrogen) atoms. The molecule has 0 atom stereocenters. The second-order valence-corrected chi connectivity index (χ2v) is 7.95. The molecular formula is C22H19NO4S. The predicted octanol–water partition coefficient (Wildman–Crippen LogP) is 5.19. The average Bonchev–Trinajstić information content (AvgIpc) is 3.12. The maximum Gasteiger partial charge on any atom is 0.338 e. The van der Waals surface area contributed by atoms with Crippen molar-refractivity contribution >= 4 is 38.5 Å². The van der Waals surface area contributed by atoms with Gasteiger partial charge in [0.15, 0.2) is 0 Å². The molecular weight excluding hydrogens is 374 g/mol. The van der Waals surface area contributed by atoms with Gasteiger partial charge in [0, 0.05) is 17.0 Å². The molecule has 5 nitrogen and oxygen atoms in total. The van der Waals surface area contributed by atoms with Gasteiger partial charge in [-0.25, -0.2) is 14.6 Å². The van der Waals surface area contributed by atoms with E-state index in [2.05, 4.69) is 18.8 Å². The largest absolute Gasteiger partial charge is 0.457 e. The Kier molecular flexibility index (Phi) is 4.73. The van der Waals surface area contributed by atoms with Crippen LogP contribution in [0.25, 0.3) is 21.2 Å². The van der Waals surface area contributed by atoms with Crippen molar-refractivity contribution in [3.8, 4) is 0 Å². The first-order valence-electron chi connectivity index (χ1n) is 9.00. The van der Waals surface area contributed by atoms with Crippen LogP contribution in [0.15, 0.2) is 51.1 Å². The minimum atomic E-state index is -0.457. The third kappa shape index (κ3) is 3.43. The first-order valence-corrected chi connectivity index (χ1v) is 9.88. The summed E-state index contributed by atoms with van der Waals surface area (Å²) in [7, 11) is 0. The van der Waals surface area contributed by atoms with Gasteiger partial charge in [0.05, 0.1) is 21.3 Å². The quantitative estimate of drug-likeness (QED) is 0.352. The second-order valence-electron chi connectivity index (χ2n) is 7.06. The summed E-state index contributed by atoms with van der Waals surface area (Å²) < 4.78 is 11.8. The summed E-state index contributed by atoms with van der Waals surface area (Å²) in [5, 5.41) is 0.791. The molecule has 0 aliphatic carbocycles. The lowest BCUT2D eigenvalue weighted by Gasteiger charge is -2.13. The fourth-order valence-corrected chi connectivity index (χ4v) is 4.06. The van der Waals surface area contributed by atoms with Gasteiger partial charge in [0.1, 0.15) is 12.2 Å². The first-order chi connectivity index (χ1) is 13.4. The van der Waals surface area contributed by atoms with Crippen LogP contribution in [-0.4, -0.2) is 11.0 Å². The zero-order valence-electron chi connectivity index (χ0n) is 15.8. The van der Waals surface area contributed by atoms with E-state index in [1.54, 1.807) is 23.7 Å². The van der Waals surface area contributed by atoms with E-state index >= 15 is 0 Å². The number of fused-ring (bicyclic) bond motifs is 2. The van der Waals surface area contributed by atoms with Gasteiger partial charge < -0.3 is 9.15 Å². The van der Waals surface area contributed by atoms with E-state index in [1.165, 1.54) is 23.0 Å². The molecule has 2 aromatic heterocycles. The van der Waals surface area contributed by atoms with Gasteiger partial charge >= 0.3 is 11.6 Å². The van der Waals surface area contributed by atoms with Crippen LogP contribution in [0.1, 0.15) is 46.8 Å². The SMILES string of the molecule is Cc1cc2oc(=O)cc(COC(=O)c3ccc4ncsc4c3)c2cc1C(C)C. The number of ether oxygens (including phenoxy) is 1. The van der Waals surface area contributed by atoms with Crippen molar-refractivity contribution in [2.75, 3.05) is 0 Å². The Balaban J connectivity index is 1.65. The van der Waals surface area contributed by atoms with E-state index in [0.717, 1.165) is 21.2 Å². The molecule has 0 aliphatic heterocycles. The highest BCUT2D eigenvalue weighted by Gasteiger charge is 2.14. The molecule has 0 amide bonds. The van der Waals surface area contributed by atoms with Crippen LogP contribution in [0.5, 0.6) is 0 Å². The number of thiazole rings is 1. The van der Waals surface area contributed by atoms with Crippen LogP contribution in [-0.2, 0) is 11.3 Å². The third-order valence-electron chi connectivity index (χ3n) is 4.76. The van der Waals surface area contributed by atoms with Crippen molar-refractivity contribution in [3.05, 3.63) is 74.6 Å². The van der Waals surface area contributed by atoms with Crippen molar-refractivity contribution in [2.24, 2.45) is 0 Å². The van der Waals surface area contributed by atoms with E-state index in [1.807, 2.05) is 19.1 Å². The third-order valence-corrected chi connectivity index (χ3v) is 5.56. The molecule has 142 valence electrons. The summed E-state index contributed by atoms with van der Waals surface area (Å²) >= 11 is 1.47. The van der Waals surface area contributed by atoms with Gasteiger partial charge in [-0.3, -0.25) is 0 Å². The lowest BCUT2D eigenvalue weighted by molar-refractivity contribution is 0.0474. The molecule has 0 radical (unpaired) electrons. The zero-order valence-corrected chi connectivity index (χ0v) is 16.6. The molecule has 0 N–H and O–H groups in total. The van der Waals surface area contributed by atoms with Crippen molar-refractivity contribution in [1.82, 2.24) is 4.98 Å². The van der Waals surface area contributed by atoms with Crippen molar-refractivity contribution in [1.29, 1.82) is 0 Å². The number of carbonyl (C=O) groups excluding carboxylic acids is 1. The number of nitrogens with zero attached hydrogens (tertiary/aromatic N) is 1. The Morgan fingerprint density at radius 1 is 1.21 bits per heavy atom. The van der Waals surface area contributed by atoms with Gasteiger partial charge in [0.25, 0.3) is 0 Å². The molecule has 4 rings (SSSR count). The van der Waals surface area contributed by atoms with Crippen molar-refractivity contribution in [2.45, 2.75) is 33.3 Å². The minimum Gasteiger partial charge on any atom is -0.457 e. The first kappa shape index (κ1) is 18.4. The maximum atomic E-state index is 12.5. The average molecular weight is 393 g/mol. The number of aromatic nitrogens is 1.